The van der Waals surface area contributed by atoms with E-state index in [1.165, 1.54) is 7.11 Å². The van der Waals surface area contributed by atoms with E-state index in [2.05, 4.69) is 0 Å². The fourth-order valence-corrected chi connectivity index (χ4v) is 3.01. The molecule has 0 spiro atoms. The van der Waals surface area contributed by atoms with Crippen LogP contribution in [0, 0.1) is 5.92 Å². The second-order valence-electron chi connectivity index (χ2n) is 5.69. The van der Waals surface area contributed by atoms with Gasteiger partial charge < -0.3 is 24.4 Å². The Balaban J connectivity index is 1.86. The summed E-state index contributed by atoms with van der Waals surface area (Å²) in [5, 5.41) is 19.4. The van der Waals surface area contributed by atoms with Crippen molar-refractivity contribution in [2.24, 2.45) is 5.92 Å². The van der Waals surface area contributed by atoms with Crippen LogP contribution in [-0.4, -0.2) is 31.0 Å². The van der Waals surface area contributed by atoms with Crippen molar-refractivity contribution in [3.05, 3.63) is 41.5 Å². The van der Waals surface area contributed by atoms with Crippen LogP contribution in [0.3, 0.4) is 0 Å². The van der Waals surface area contributed by atoms with E-state index in [0.717, 1.165) is 24.0 Å². The maximum absolute atomic E-state index is 10.00. The zero-order chi connectivity index (χ0) is 16.4. The summed E-state index contributed by atoms with van der Waals surface area (Å²) in [6.45, 7) is 0.539. The van der Waals surface area contributed by atoms with Crippen molar-refractivity contribution >= 4 is 0 Å². The van der Waals surface area contributed by atoms with Crippen LogP contribution in [0.2, 0.25) is 0 Å². The van der Waals surface area contributed by atoms with E-state index in [4.69, 9.17) is 14.2 Å². The molecule has 5 nitrogen and oxygen atoms in total. The molecule has 2 aromatic rings. The van der Waals surface area contributed by atoms with Crippen LogP contribution in [0.15, 0.2) is 30.3 Å². The second-order valence-corrected chi connectivity index (χ2v) is 5.69. The van der Waals surface area contributed by atoms with Gasteiger partial charge in [0.05, 0.1) is 20.8 Å². The van der Waals surface area contributed by atoms with E-state index in [9.17, 15) is 10.2 Å². The van der Waals surface area contributed by atoms with Crippen molar-refractivity contribution in [3.8, 4) is 28.7 Å². The molecule has 23 heavy (non-hydrogen) atoms. The fourth-order valence-electron chi connectivity index (χ4n) is 3.01. The molecule has 1 atom stereocenters. The molecule has 0 saturated carbocycles. The molecular weight excluding hydrogens is 296 g/mol. The normalized spacial score (nSPS) is 16.3. The monoisotopic (exact) mass is 316 g/mol. The lowest BCUT2D eigenvalue weighted by Crippen LogP contribution is -2.23. The maximum atomic E-state index is 10.00. The number of rotatable bonds is 4. The number of fused-ring (bicyclic) bond motifs is 1. The van der Waals surface area contributed by atoms with Crippen molar-refractivity contribution in [1.29, 1.82) is 0 Å². The molecule has 3 rings (SSSR count). The van der Waals surface area contributed by atoms with Gasteiger partial charge in [0.1, 0.15) is 11.5 Å². The molecule has 0 aromatic heterocycles. The summed E-state index contributed by atoms with van der Waals surface area (Å²) in [7, 11) is 3.08. The fraction of sp³-hybridized carbons (Fsp3) is 0.333. The first-order chi connectivity index (χ1) is 11.1. The number of ether oxygens (including phenoxy) is 3. The molecule has 1 heterocycles. The summed E-state index contributed by atoms with van der Waals surface area (Å²) in [5.41, 5.74) is 2.06. The van der Waals surface area contributed by atoms with Crippen LogP contribution in [0.1, 0.15) is 11.1 Å². The van der Waals surface area contributed by atoms with E-state index in [1.807, 2.05) is 12.1 Å². The summed E-state index contributed by atoms with van der Waals surface area (Å²) >= 11 is 0. The highest BCUT2D eigenvalue weighted by Gasteiger charge is 2.28. The van der Waals surface area contributed by atoms with Crippen molar-refractivity contribution in [1.82, 2.24) is 0 Å². The standard InChI is InChI=1S/C18H20O5/c1-21-16-9-15(20)18(22-2)17-14(16)8-12(10-23-17)7-11-3-5-13(19)6-4-11/h3-6,9,12,19-20H,7-8,10H2,1-2H3/t12-/m1/s1. The Hall–Kier alpha value is -2.56. The predicted molar refractivity (Wildman–Crippen MR) is 85.7 cm³/mol. The maximum Gasteiger partial charge on any atom is 0.203 e. The average molecular weight is 316 g/mol. The van der Waals surface area contributed by atoms with Crippen molar-refractivity contribution < 1.29 is 24.4 Å². The largest absolute Gasteiger partial charge is 0.508 e. The third-order valence-electron chi connectivity index (χ3n) is 4.12. The lowest BCUT2D eigenvalue weighted by molar-refractivity contribution is 0.205. The molecule has 2 N–H and O–H groups in total. The number of benzene rings is 2. The Kier molecular flexibility index (Phi) is 4.19. The molecule has 0 fully saturated rings. The highest BCUT2D eigenvalue weighted by atomic mass is 16.5. The van der Waals surface area contributed by atoms with Crippen molar-refractivity contribution in [2.45, 2.75) is 12.8 Å². The molecule has 0 radical (unpaired) electrons. The van der Waals surface area contributed by atoms with Crippen LogP contribution in [0.4, 0.5) is 0 Å². The van der Waals surface area contributed by atoms with Crippen LogP contribution in [-0.2, 0) is 12.8 Å². The molecule has 0 amide bonds. The number of hydrogen-bond donors (Lipinski definition) is 2. The Labute approximate surface area is 135 Å². The minimum Gasteiger partial charge on any atom is -0.508 e. The molecule has 122 valence electrons. The first-order valence-corrected chi connectivity index (χ1v) is 7.50. The molecule has 5 heteroatoms. The smallest absolute Gasteiger partial charge is 0.203 e. The zero-order valence-corrected chi connectivity index (χ0v) is 13.2. The van der Waals surface area contributed by atoms with Gasteiger partial charge in [-0.3, -0.25) is 0 Å². The highest BCUT2D eigenvalue weighted by molar-refractivity contribution is 5.61. The Morgan fingerprint density at radius 2 is 1.87 bits per heavy atom. The van der Waals surface area contributed by atoms with Gasteiger partial charge >= 0.3 is 0 Å². The van der Waals surface area contributed by atoms with Crippen molar-refractivity contribution in [2.75, 3.05) is 20.8 Å². The van der Waals surface area contributed by atoms with E-state index in [-0.39, 0.29) is 17.4 Å². The van der Waals surface area contributed by atoms with Crippen LogP contribution < -0.4 is 14.2 Å². The van der Waals surface area contributed by atoms with Gasteiger partial charge in [-0.15, -0.1) is 0 Å². The molecule has 0 saturated heterocycles. The highest BCUT2D eigenvalue weighted by Crippen LogP contribution is 2.47. The van der Waals surface area contributed by atoms with Gasteiger partial charge in [-0.2, -0.15) is 0 Å². The molecule has 0 bridgehead atoms. The lowest BCUT2D eigenvalue weighted by atomic mass is 9.90. The first kappa shape index (κ1) is 15.3. The lowest BCUT2D eigenvalue weighted by Gasteiger charge is -2.28. The summed E-state index contributed by atoms with van der Waals surface area (Å²) in [6.07, 6.45) is 1.61. The van der Waals surface area contributed by atoms with Gasteiger partial charge in [0.15, 0.2) is 11.5 Å². The number of hydrogen-bond acceptors (Lipinski definition) is 5. The number of phenols is 2. The van der Waals surface area contributed by atoms with E-state index < -0.39 is 0 Å². The zero-order valence-electron chi connectivity index (χ0n) is 13.2. The van der Waals surface area contributed by atoms with Gasteiger partial charge in [-0.1, -0.05) is 12.1 Å². The molecular formula is C18H20O5. The second kappa shape index (κ2) is 6.28. The Morgan fingerprint density at radius 3 is 2.52 bits per heavy atom. The van der Waals surface area contributed by atoms with Crippen LogP contribution in [0.5, 0.6) is 28.7 Å². The first-order valence-electron chi connectivity index (χ1n) is 7.50. The molecule has 1 aliphatic rings. The quantitative estimate of drug-likeness (QED) is 0.908. The van der Waals surface area contributed by atoms with Crippen LogP contribution in [0.25, 0.3) is 0 Å². The molecule has 1 aliphatic heterocycles. The molecule has 0 aliphatic carbocycles. The van der Waals surface area contributed by atoms with Gasteiger partial charge in [-0.25, -0.2) is 0 Å². The third kappa shape index (κ3) is 2.99. The summed E-state index contributed by atoms with van der Waals surface area (Å²) in [4.78, 5) is 0. The topological polar surface area (TPSA) is 68.2 Å². The SMILES string of the molecule is COc1cc(O)c(OC)c2c1C[C@@H](Cc1ccc(O)cc1)CO2. The Morgan fingerprint density at radius 1 is 1.13 bits per heavy atom. The molecule has 2 aromatic carbocycles. The minimum absolute atomic E-state index is 0.0140. The summed E-state index contributed by atoms with van der Waals surface area (Å²) in [6, 6.07) is 8.77. The Bertz CT molecular complexity index is 694. The van der Waals surface area contributed by atoms with E-state index in [0.29, 0.717) is 23.9 Å². The third-order valence-corrected chi connectivity index (χ3v) is 4.12. The van der Waals surface area contributed by atoms with Crippen molar-refractivity contribution in [3.63, 3.8) is 0 Å². The van der Waals surface area contributed by atoms with Gasteiger partial charge in [0.2, 0.25) is 5.75 Å². The van der Waals surface area contributed by atoms with Crippen LogP contribution >= 0.6 is 0 Å². The van der Waals surface area contributed by atoms with Gasteiger partial charge in [0, 0.05) is 17.5 Å². The number of methoxy groups -OCH3 is 2. The average Bonchev–Trinajstić information content (AvgIpc) is 2.56. The van der Waals surface area contributed by atoms with Gasteiger partial charge in [0.25, 0.3) is 0 Å². The summed E-state index contributed by atoms with van der Waals surface area (Å²) in [5.74, 6) is 2.08. The predicted octanol–water partition coefficient (Wildman–Crippen LogP) is 2.91. The van der Waals surface area contributed by atoms with E-state index >= 15 is 0 Å². The van der Waals surface area contributed by atoms with E-state index in [1.54, 1.807) is 25.3 Å². The minimum atomic E-state index is 0.0140. The van der Waals surface area contributed by atoms with Gasteiger partial charge in [-0.05, 0) is 30.5 Å². The number of phenolic OH excluding ortho intramolecular Hbond substituents is 2. The summed E-state index contributed by atoms with van der Waals surface area (Å²) < 4.78 is 16.5. The molecule has 0 unspecified atom stereocenters. The number of aromatic hydroxyl groups is 2.